The Kier molecular flexibility index (Phi) is 9.60. The number of rotatable bonds is 9. The van der Waals surface area contributed by atoms with Gasteiger partial charge < -0.3 is 45.8 Å². The van der Waals surface area contributed by atoms with E-state index in [1.54, 1.807) is 0 Å². The summed E-state index contributed by atoms with van der Waals surface area (Å²) in [4.78, 5) is 12.7. The quantitative estimate of drug-likeness (QED) is 0.128. The summed E-state index contributed by atoms with van der Waals surface area (Å²) in [5.41, 5.74) is 1.31. The van der Waals surface area contributed by atoms with E-state index < -0.39 is 55.2 Å². The number of allylic oxidation sites excluding steroid dienone is 6. The summed E-state index contributed by atoms with van der Waals surface area (Å²) in [5, 5.41) is 75.8. The second-order valence-electron chi connectivity index (χ2n) is 9.65. The molecule has 0 aromatic heterocycles. The van der Waals surface area contributed by atoms with Crippen LogP contribution in [-0.2, 0) is 9.53 Å². The molecule has 1 heterocycles. The van der Waals surface area contributed by atoms with Crippen molar-refractivity contribution in [2.45, 2.75) is 87.8 Å². The molecule has 11 nitrogen and oxygen atoms in total. The Labute approximate surface area is 204 Å². The molecule has 3 rings (SSSR count). The van der Waals surface area contributed by atoms with Crippen LogP contribution in [0.15, 0.2) is 36.0 Å². The third-order valence-corrected chi connectivity index (χ3v) is 6.94. The van der Waals surface area contributed by atoms with Crippen molar-refractivity contribution in [2.24, 2.45) is 11.8 Å². The van der Waals surface area contributed by atoms with E-state index in [2.05, 4.69) is 28.9 Å². The fraction of sp³-hybridized carbons (Fsp3) is 0.708. The predicted molar refractivity (Wildman–Crippen MR) is 124 cm³/mol. The van der Waals surface area contributed by atoms with Gasteiger partial charge in [0.2, 0.25) is 18.0 Å². The Morgan fingerprint density at radius 2 is 1.94 bits per heavy atom. The molecule has 1 aliphatic heterocycles. The number of hydrogen-bond acceptors (Lipinski definition) is 10. The largest absolute Gasteiger partial charge is 0.391 e. The molecule has 1 saturated heterocycles. The van der Waals surface area contributed by atoms with Crippen molar-refractivity contribution in [3.05, 3.63) is 36.0 Å². The van der Waals surface area contributed by atoms with Gasteiger partial charge in [0.05, 0.1) is 18.2 Å². The average Bonchev–Trinajstić information content (AvgIpc) is 2.83. The van der Waals surface area contributed by atoms with Gasteiger partial charge >= 0.3 is 0 Å². The van der Waals surface area contributed by atoms with Gasteiger partial charge in [0.1, 0.15) is 18.4 Å². The number of nitrogens with one attached hydrogen (secondary N) is 2. The maximum absolute atomic E-state index is 12.7. The number of aliphatic hydroxyl groups is 7. The van der Waals surface area contributed by atoms with Crippen molar-refractivity contribution in [1.82, 2.24) is 10.6 Å². The topological polar surface area (TPSA) is 192 Å². The van der Waals surface area contributed by atoms with E-state index in [-0.39, 0.29) is 18.4 Å². The van der Waals surface area contributed by atoms with Gasteiger partial charge in [-0.25, -0.2) is 0 Å². The first-order chi connectivity index (χ1) is 16.5. The van der Waals surface area contributed by atoms with Crippen molar-refractivity contribution >= 4 is 5.91 Å². The highest BCUT2D eigenvalue weighted by Gasteiger charge is 2.52. The van der Waals surface area contributed by atoms with E-state index in [1.807, 2.05) is 12.2 Å². The molecule has 35 heavy (non-hydrogen) atoms. The Hall–Kier alpha value is -1.67. The van der Waals surface area contributed by atoms with Crippen molar-refractivity contribution in [2.75, 3.05) is 6.54 Å². The molecule has 2 aliphatic carbocycles. The maximum Gasteiger partial charge on any atom is 0.223 e. The minimum Gasteiger partial charge on any atom is -0.391 e. The molecule has 1 fully saturated rings. The van der Waals surface area contributed by atoms with Gasteiger partial charge in [-0.3, -0.25) is 10.1 Å². The van der Waals surface area contributed by atoms with Crippen molar-refractivity contribution < 1.29 is 45.3 Å². The molecule has 1 amide bonds. The highest BCUT2D eigenvalue weighted by Crippen LogP contribution is 2.33. The van der Waals surface area contributed by atoms with Crippen molar-refractivity contribution in [3.63, 3.8) is 0 Å². The van der Waals surface area contributed by atoms with Crippen molar-refractivity contribution in [3.8, 4) is 0 Å². The van der Waals surface area contributed by atoms with Crippen LogP contribution in [0.3, 0.4) is 0 Å². The zero-order chi connectivity index (χ0) is 25.8. The highest BCUT2D eigenvalue weighted by atomic mass is 16.7. The monoisotopic (exact) mass is 498 g/mol. The first-order valence-corrected chi connectivity index (χ1v) is 12.1. The lowest BCUT2D eigenvalue weighted by molar-refractivity contribution is -0.368. The summed E-state index contributed by atoms with van der Waals surface area (Å²) in [6.07, 6.45) is 2.96. The van der Waals surface area contributed by atoms with Crippen LogP contribution in [0.25, 0.3) is 0 Å². The minimum absolute atomic E-state index is 0.266. The van der Waals surface area contributed by atoms with Crippen LogP contribution in [0.5, 0.6) is 0 Å². The fourth-order valence-corrected chi connectivity index (χ4v) is 4.91. The van der Waals surface area contributed by atoms with Crippen LogP contribution in [0.4, 0.5) is 0 Å². The summed E-state index contributed by atoms with van der Waals surface area (Å²) in [7, 11) is 0. The highest BCUT2D eigenvalue weighted by molar-refractivity contribution is 5.79. The van der Waals surface area contributed by atoms with E-state index in [9.17, 15) is 40.5 Å². The zero-order valence-corrected chi connectivity index (χ0v) is 19.8. The Morgan fingerprint density at radius 3 is 2.51 bits per heavy atom. The Morgan fingerprint density at radius 1 is 1.20 bits per heavy atom. The summed E-state index contributed by atoms with van der Waals surface area (Å²) < 4.78 is 5.28. The standard InChI is InChI=1S/C24H38N2O9/c1-13(27)26-19-17(28)11-24(34,23(32)33)35-21(19)20(30)18(29)12-25-22(31)16-9-7-15(8-10-16)14-5-3-2-4-6-14/h2-5,7,13-14,16-21,23,26-30,32-34H,6,8-12H2,1H3,(H,25,31)/t13?,14-,16+,17-,18?,19+,20+,21?,24+/m0/s1. The van der Waals surface area contributed by atoms with Gasteiger partial charge in [-0.1, -0.05) is 36.0 Å². The molecule has 9 N–H and O–H groups in total. The maximum atomic E-state index is 12.7. The van der Waals surface area contributed by atoms with Crippen LogP contribution in [0, 0.1) is 11.8 Å². The lowest BCUT2D eigenvalue weighted by Crippen LogP contribution is -2.68. The van der Waals surface area contributed by atoms with E-state index in [4.69, 9.17) is 4.74 Å². The van der Waals surface area contributed by atoms with Crippen LogP contribution in [0.2, 0.25) is 0 Å². The van der Waals surface area contributed by atoms with Gasteiger partial charge in [-0.05, 0) is 32.6 Å². The fourth-order valence-electron chi connectivity index (χ4n) is 4.91. The van der Waals surface area contributed by atoms with Crippen LogP contribution < -0.4 is 10.6 Å². The average molecular weight is 499 g/mol. The van der Waals surface area contributed by atoms with Crippen molar-refractivity contribution in [1.29, 1.82) is 0 Å². The number of aliphatic hydroxyl groups excluding tert-OH is 5. The third-order valence-electron chi connectivity index (χ3n) is 6.94. The van der Waals surface area contributed by atoms with Gasteiger partial charge in [-0.2, -0.15) is 0 Å². The normalized spacial score (nSPS) is 35.9. The summed E-state index contributed by atoms with van der Waals surface area (Å²) >= 11 is 0. The van der Waals surface area contributed by atoms with Gasteiger partial charge in [-0.15, -0.1) is 0 Å². The molecule has 0 radical (unpaired) electrons. The van der Waals surface area contributed by atoms with Gasteiger partial charge in [0, 0.05) is 24.8 Å². The zero-order valence-electron chi connectivity index (χ0n) is 19.8. The molecular weight excluding hydrogens is 460 g/mol. The lowest BCUT2D eigenvalue weighted by Gasteiger charge is -2.47. The summed E-state index contributed by atoms with van der Waals surface area (Å²) in [6.45, 7) is 1.03. The van der Waals surface area contributed by atoms with Crippen LogP contribution in [0.1, 0.15) is 39.0 Å². The summed E-state index contributed by atoms with van der Waals surface area (Å²) in [5.74, 6) is -2.76. The van der Waals surface area contributed by atoms with E-state index in [0.717, 1.165) is 12.8 Å². The molecule has 0 bridgehead atoms. The van der Waals surface area contributed by atoms with E-state index >= 15 is 0 Å². The van der Waals surface area contributed by atoms with Gasteiger partial charge in [0.15, 0.2) is 0 Å². The molecule has 0 aromatic carbocycles. The molecular formula is C24H38N2O9. The van der Waals surface area contributed by atoms with E-state index in [1.165, 1.54) is 12.5 Å². The molecule has 11 heteroatoms. The molecule has 3 aliphatic rings. The second kappa shape index (κ2) is 12.0. The number of carbonyl (C=O) groups is 1. The minimum atomic E-state index is -2.60. The SMILES string of the molecule is CC(O)N[C@H]1C([C@H](O)C(O)CNC(=O)[C@@H]2CC=C([C@H]3C=CC=CC3)CC2)O[C@@](O)(C(O)O)C[C@@H]1O. The van der Waals surface area contributed by atoms with E-state index in [0.29, 0.717) is 18.8 Å². The molecule has 9 atom stereocenters. The lowest BCUT2D eigenvalue weighted by atomic mass is 9.81. The number of hydrogen-bond donors (Lipinski definition) is 9. The Bertz CT molecular complexity index is 815. The number of carbonyl (C=O) groups excluding carboxylic acids is 1. The molecule has 0 spiro atoms. The Balaban J connectivity index is 1.57. The first-order valence-electron chi connectivity index (χ1n) is 12.1. The molecule has 198 valence electrons. The molecule has 3 unspecified atom stereocenters. The molecule has 0 aromatic rings. The smallest absolute Gasteiger partial charge is 0.223 e. The van der Waals surface area contributed by atoms with Crippen LogP contribution in [-0.4, -0.2) is 97.0 Å². The summed E-state index contributed by atoms with van der Waals surface area (Å²) in [6, 6.07) is -1.15. The number of amides is 1. The first kappa shape index (κ1) is 27.9. The van der Waals surface area contributed by atoms with Gasteiger partial charge in [0.25, 0.3) is 0 Å². The van der Waals surface area contributed by atoms with Crippen LogP contribution >= 0.6 is 0 Å². The molecule has 0 saturated carbocycles. The third kappa shape index (κ3) is 6.97. The second-order valence-corrected chi connectivity index (χ2v) is 9.65. The number of ether oxygens (including phenoxy) is 1. The predicted octanol–water partition coefficient (Wildman–Crippen LogP) is -1.87.